The first kappa shape index (κ1) is 28.6. The van der Waals surface area contributed by atoms with Gasteiger partial charge in [-0.25, -0.2) is 0 Å². The number of aryl methyl sites for hydroxylation is 1. The number of fused-ring (bicyclic) bond motifs is 3. The molecule has 6 atom stereocenters. The molecule has 0 spiro atoms. The van der Waals surface area contributed by atoms with E-state index in [2.05, 4.69) is 63.1 Å². The maximum absolute atomic E-state index is 12.7. The fourth-order valence-electron chi connectivity index (χ4n) is 7.54. The third-order valence-corrected chi connectivity index (χ3v) is 9.62. The van der Waals surface area contributed by atoms with Crippen LogP contribution in [0.25, 0.3) is 0 Å². The van der Waals surface area contributed by atoms with E-state index in [1.807, 2.05) is 18.2 Å². The standard InChI is InChI=1S/C33H47NO4/c1-6-23(2)31(32(36)37-5)34(4)22-33(3)18-16-28-27-15-13-26(38-21-24-10-8-7-9-11-24)20-25(27)12-14-29(28)30(33)17-19-35/h7-11,13,15,20,23,28-31,35H,6,12,14,16-19,21-22H2,1-5H3/t23-,28+,29+,30-,31-,33+/m0/s1. The SMILES string of the molecule is CC[C@H](C)[C@@H](C(=O)OC)N(C)C[C@@]1(C)CC[C@@H]2c3ccc(OCc4ccccc4)cc3CC[C@H]2[C@@H]1CCO. The number of esters is 1. The number of ether oxygens (including phenoxy) is 2. The van der Waals surface area contributed by atoms with Crippen LogP contribution in [-0.2, 0) is 22.6 Å². The average Bonchev–Trinajstić information content (AvgIpc) is 2.93. The fourth-order valence-corrected chi connectivity index (χ4v) is 7.54. The molecule has 1 N–H and O–H groups in total. The van der Waals surface area contributed by atoms with E-state index in [1.54, 1.807) is 0 Å². The lowest BCUT2D eigenvalue weighted by molar-refractivity contribution is -0.150. The molecule has 0 unspecified atom stereocenters. The summed E-state index contributed by atoms with van der Waals surface area (Å²) in [5.74, 6) is 2.49. The van der Waals surface area contributed by atoms with Crippen LogP contribution in [0, 0.1) is 23.2 Å². The number of rotatable bonds is 11. The van der Waals surface area contributed by atoms with Gasteiger partial charge in [-0.3, -0.25) is 9.69 Å². The van der Waals surface area contributed by atoms with Gasteiger partial charge in [0.15, 0.2) is 0 Å². The van der Waals surface area contributed by atoms with Gasteiger partial charge in [0.25, 0.3) is 0 Å². The van der Waals surface area contributed by atoms with E-state index in [0.717, 1.165) is 50.8 Å². The highest BCUT2D eigenvalue weighted by molar-refractivity contribution is 5.76. The molecule has 0 aliphatic heterocycles. The number of benzene rings is 2. The van der Waals surface area contributed by atoms with Gasteiger partial charge in [-0.15, -0.1) is 0 Å². The van der Waals surface area contributed by atoms with Crippen LogP contribution < -0.4 is 4.74 Å². The summed E-state index contributed by atoms with van der Waals surface area (Å²) in [5.41, 5.74) is 4.10. The van der Waals surface area contributed by atoms with Gasteiger partial charge in [0, 0.05) is 13.2 Å². The van der Waals surface area contributed by atoms with E-state index in [9.17, 15) is 9.90 Å². The van der Waals surface area contributed by atoms with Gasteiger partial charge < -0.3 is 14.6 Å². The number of hydrogen-bond donors (Lipinski definition) is 1. The van der Waals surface area contributed by atoms with Gasteiger partial charge in [0.1, 0.15) is 18.4 Å². The van der Waals surface area contributed by atoms with Gasteiger partial charge in [0.2, 0.25) is 0 Å². The molecule has 0 radical (unpaired) electrons. The number of likely N-dealkylation sites (N-methyl/N-ethyl adjacent to an activating group) is 1. The van der Waals surface area contributed by atoms with Crippen LogP contribution in [0.3, 0.4) is 0 Å². The number of hydrogen-bond acceptors (Lipinski definition) is 5. The Bertz CT molecular complexity index is 1060. The van der Waals surface area contributed by atoms with E-state index in [-0.39, 0.29) is 30.0 Å². The molecule has 0 saturated heterocycles. The first-order valence-corrected chi connectivity index (χ1v) is 14.5. The topological polar surface area (TPSA) is 59.0 Å². The third kappa shape index (κ3) is 6.10. The summed E-state index contributed by atoms with van der Waals surface area (Å²) in [4.78, 5) is 14.9. The van der Waals surface area contributed by atoms with Crippen molar-refractivity contribution in [3.63, 3.8) is 0 Å². The van der Waals surface area contributed by atoms with Crippen molar-refractivity contribution in [2.24, 2.45) is 23.2 Å². The van der Waals surface area contributed by atoms with Crippen molar-refractivity contribution < 1.29 is 19.4 Å². The highest BCUT2D eigenvalue weighted by Gasteiger charge is 2.49. The number of nitrogens with zero attached hydrogens (tertiary/aromatic N) is 1. The van der Waals surface area contributed by atoms with Crippen LogP contribution in [-0.4, -0.2) is 49.3 Å². The molecular weight excluding hydrogens is 474 g/mol. The summed E-state index contributed by atoms with van der Waals surface area (Å²) in [6.07, 6.45) is 6.15. The van der Waals surface area contributed by atoms with E-state index in [1.165, 1.54) is 23.8 Å². The first-order chi connectivity index (χ1) is 18.3. The normalized spacial score (nSPS) is 26.2. The molecule has 0 heterocycles. The van der Waals surface area contributed by atoms with Crippen LogP contribution in [0.2, 0.25) is 0 Å². The number of carbonyl (C=O) groups is 1. The smallest absolute Gasteiger partial charge is 0.323 e. The molecule has 2 aliphatic carbocycles. The van der Waals surface area contributed by atoms with Crippen molar-refractivity contribution in [3.05, 3.63) is 65.2 Å². The lowest BCUT2D eigenvalue weighted by Gasteiger charge is -2.53. The highest BCUT2D eigenvalue weighted by atomic mass is 16.5. The van der Waals surface area contributed by atoms with E-state index in [4.69, 9.17) is 9.47 Å². The minimum atomic E-state index is -0.240. The van der Waals surface area contributed by atoms with Crippen LogP contribution >= 0.6 is 0 Å². The van der Waals surface area contributed by atoms with Crippen molar-refractivity contribution in [3.8, 4) is 5.75 Å². The monoisotopic (exact) mass is 521 g/mol. The summed E-state index contributed by atoms with van der Waals surface area (Å²) in [6, 6.07) is 16.8. The van der Waals surface area contributed by atoms with Gasteiger partial charge in [0.05, 0.1) is 7.11 Å². The lowest BCUT2D eigenvalue weighted by Crippen LogP contribution is -2.53. The Morgan fingerprint density at radius 3 is 2.63 bits per heavy atom. The Labute approximate surface area is 229 Å². The molecule has 5 nitrogen and oxygen atoms in total. The van der Waals surface area contributed by atoms with E-state index in [0.29, 0.717) is 24.4 Å². The van der Waals surface area contributed by atoms with E-state index >= 15 is 0 Å². The molecule has 1 fully saturated rings. The summed E-state index contributed by atoms with van der Waals surface area (Å²) in [6.45, 7) is 8.29. The zero-order chi connectivity index (χ0) is 27.3. The number of aliphatic hydroxyl groups is 1. The van der Waals surface area contributed by atoms with Crippen molar-refractivity contribution in [2.75, 3.05) is 27.3 Å². The van der Waals surface area contributed by atoms with Crippen molar-refractivity contribution in [1.82, 2.24) is 4.90 Å². The molecule has 2 aliphatic rings. The summed E-state index contributed by atoms with van der Waals surface area (Å²) < 4.78 is 11.3. The molecule has 5 heteroatoms. The molecule has 0 bridgehead atoms. The zero-order valence-electron chi connectivity index (χ0n) is 24.0. The number of methoxy groups -OCH3 is 1. The zero-order valence-corrected chi connectivity index (χ0v) is 24.0. The molecular formula is C33H47NO4. The predicted molar refractivity (Wildman–Crippen MR) is 152 cm³/mol. The van der Waals surface area contributed by atoms with Crippen LogP contribution in [0.1, 0.15) is 75.5 Å². The van der Waals surface area contributed by atoms with Gasteiger partial charge in [-0.1, -0.05) is 63.6 Å². The first-order valence-electron chi connectivity index (χ1n) is 14.5. The number of aliphatic hydroxyl groups excluding tert-OH is 1. The third-order valence-electron chi connectivity index (χ3n) is 9.62. The van der Waals surface area contributed by atoms with Gasteiger partial charge in [-0.2, -0.15) is 0 Å². The van der Waals surface area contributed by atoms with Gasteiger partial charge in [-0.05, 0) is 97.1 Å². The minimum Gasteiger partial charge on any atom is -0.489 e. The second kappa shape index (κ2) is 12.7. The molecule has 1 saturated carbocycles. The predicted octanol–water partition coefficient (Wildman–Crippen LogP) is 6.23. The summed E-state index contributed by atoms with van der Waals surface area (Å²) in [7, 11) is 3.57. The molecule has 0 amide bonds. The van der Waals surface area contributed by atoms with Crippen molar-refractivity contribution >= 4 is 5.97 Å². The Morgan fingerprint density at radius 1 is 1.18 bits per heavy atom. The van der Waals surface area contributed by atoms with Crippen LogP contribution in [0.5, 0.6) is 5.75 Å². The van der Waals surface area contributed by atoms with Crippen LogP contribution in [0.15, 0.2) is 48.5 Å². The second-order valence-electron chi connectivity index (χ2n) is 12.0. The Hall–Kier alpha value is -2.37. The molecule has 4 rings (SSSR count). The average molecular weight is 522 g/mol. The molecule has 2 aromatic rings. The summed E-state index contributed by atoms with van der Waals surface area (Å²) in [5, 5.41) is 10.1. The lowest BCUT2D eigenvalue weighted by atomic mass is 9.53. The van der Waals surface area contributed by atoms with Crippen molar-refractivity contribution in [1.29, 1.82) is 0 Å². The molecule has 38 heavy (non-hydrogen) atoms. The highest BCUT2D eigenvalue weighted by Crippen LogP contribution is 2.56. The van der Waals surface area contributed by atoms with Gasteiger partial charge >= 0.3 is 5.97 Å². The Balaban J connectivity index is 1.51. The second-order valence-corrected chi connectivity index (χ2v) is 12.0. The Morgan fingerprint density at radius 2 is 1.95 bits per heavy atom. The maximum Gasteiger partial charge on any atom is 0.323 e. The quantitative estimate of drug-likeness (QED) is 0.355. The van der Waals surface area contributed by atoms with E-state index < -0.39 is 0 Å². The summed E-state index contributed by atoms with van der Waals surface area (Å²) >= 11 is 0. The largest absolute Gasteiger partial charge is 0.489 e. The van der Waals surface area contributed by atoms with Crippen LogP contribution in [0.4, 0.5) is 0 Å². The number of carbonyl (C=O) groups excluding carboxylic acids is 1. The van der Waals surface area contributed by atoms with Crippen molar-refractivity contribution in [2.45, 2.75) is 77.9 Å². The minimum absolute atomic E-state index is 0.0363. The fraction of sp³-hybridized carbons (Fsp3) is 0.606. The Kier molecular flexibility index (Phi) is 9.54. The molecule has 2 aromatic carbocycles. The molecule has 0 aromatic heterocycles. The molecule has 208 valence electrons. The maximum atomic E-state index is 12.7.